The molecule has 2 unspecified atom stereocenters. The van der Waals surface area contributed by atoms with Crippen LogP contribution in [0.5, 0.6) is 0 Å². The lowest BCUT2D eigenvalue weighted by Gasteiger charge is -2.15. The highest BCUT2D eigenvalue weighted by atomic mass is 17.0. The van der Waals surface area contributed by atoms with Crippen LogP contribution in [0.15, 0.2) is 0 Å². The molecule has 0 aromatic heterocycles. The van der Waals surface area contributed by atoms with Crippen molar-refractivity contribution in [2.45, 2.75) is 31.9 Å². The third-order valence-corrected chi connectivity index (χ3v) is 2.53. The van der Waals surface area contributed by atoms with Crippen LogP contribution in [0.1, 0.15) is 19.8 Å². The molecule has 0 saturated carbocycles. The monoisotopic (exact) mass is 272 g/mol. The molecule has 2 atom stereocenters. The van der Waals surface area contributed by atoms with Gasteiger partial charge in [-0.1, -0.05) is 0 Å². The average molecular weight is 272 g/mol. The van der Waals surface area contributed by atoms with E-state index < -0.39 is 35.9 Å². The fourth-order valence-corrected chi connectivity index (χ4v) is 1.66. The van der Waals surface area contributed by atoms with Gasteiger partial charge in [0.2, 0.25) is 12.0 Å². The van der Waals surface area contributed by atoms with Gasteiger partial charge < -0.3 is 14.9 Å². The SMILES string of the molecule is CC(=O)NC1CON(OC(=O)C2CCC(=O)O2)C1=O. The molecular formula is C10H12N2O7. The van der Waals surface area contributed by atoms with Crippen molar-refractivity contribution in [2.24, 2.45) is 0 Å². The van der Waals surface area contributed by atoms with Crippen molar-refractivity contribution in [1.29, 1.82) is 0 Å². The molecule has 2 aliphatic heterocycles. The number of carbonyl (C=O) groups is 4. The summed E-state index contributed by atoms with van der Waals surface area (Å²) < 4.78 is 4.68. The number of esters is 1. The Kier molecular flexibility index (Phi) is 3.65. The summed E-state index contributed by atoms with van der Waals surface area (Å²) >= 11 is 0. The zero-order chi connectivity index (χ0) is 14.0. The molecule has 0 aliphatic carbocycles. The molecule has 0 spiro atoms. The smallest absolute Gasteiger partial charge is 0.375 e. The van der Waals surface area contributed by atoms with Gasteiger partial charge in [-0.05, 0) is 5.23 Å². The average Bonchev–Trinajstić information content (AvgIpc) is 2.89. The van der Waals surface area contributed by atoms with E-state index in [1.807, 2.05) is 0 Å². The maximum Gasteiger partial charge on any atom is 0.375 e. The molecule has 2 aliphatic rings. The van der Waals surface area contributed by atoms with Crippen LogP contribution in [0, 0.1) is 0 Å². The molecule has 0 radical (unpaired) electrons. The molecule has 19 heavy (non-hydrogen) atoms. The topological polar surface area (TPSA) is 111 Å². The van der Waals surface area contributed by atoms with Crippen molar-refractivity contribution in [1.82, 2.24) is 10.5 Å². The second-order valence-corrected chi connectivity index (χ2v) is 4.07. The maximum atomic E-state index is 11.7. The zero-order valence-corrected chi connectivity index (χ0v) is 10.1. The first-order valence-corrected chi connectivity index (χ1v) is 5.62. The number of nitrogens with zero attached hydrogens (tertiary/aromatic N) is 1. The molecule has 2 rings (SSSR count). The molecule has 0 aromatic carbocycles. The van der Waals surface area contributed by atoms with E-state index in [-0.39, 0.29) is 19.4 Å². The summed E-state index contributed by atoms with van der Waals surface area (Å²) in [6, 6.07) is -0.892. The van der Waals surface area contributed by atoms with Crippen molar-refractivity contribution < 1.29 is 33.6 Å². The highest BCUT2D eigenvalue weighted by Crippen LogP contribution is 2.17. The molecular weight excluding hydrogens is 260 g/mol. The van der Waals surface area contributed by atoms with E-state index in [1.165, 1.54) is 6.92 Å². The van der Waals surface area contributed by atoms with Crippen molar-refractivity contribution in [3.63, 3.8) is 0 Å². The number of rotatable bonds is 3. The van der Waals surface area contributed by atoms with E-state index in [2.05, 4.69) is 14.9 Å². The minimum absolute atomic E-state index is 0.128. The van der Waals surface area contributed by atoms with Crippen LogP contribution in [0.3, 0.4) is 0 Å². The van der Waals surface area contributed by atoms with Gasteiger partial charge in [-0.2, -0.15) is 0 Å². The van der Waals surface area contributed by atoms with E-state index in [0.29, 0.717) is 5.23 Å². The first-order valence-electron chi connectivity index (χ1n) is 5.62. The number of hydrogen-bond acceptors (Lipinski definition) is 7. The lowest BCUT2D eigenvalue weighted by molar-refractivity contribution is -0.306. The minimum Gasteiger partial charge on any atom is -0.450 e. The summed E-state index contributed by atoms with van der Waals surface area (Å²) in [5.41, 5.74) is 0. The third kappa shape index (κ3) is 2.99. The molecule has 2 saturated heterocycles. The lowest BCUT2D eigenvalue weighted by atomic mass is 10.2. The number of ether oxygens (including phenoxy) is 1. The van der Waals surface area contributed by atoms with Crippen molar-refractivity contribution in [3.05, 3.63) is 0 Å². The molecule has 9 nitrogen and oxygen atoms in total. The predicted octanol–water partition coefficient (Wildman–Crippen LogP) is -1.57. The summed E-state index contributed by atoms with van der Waals surface area (Å²) in [7, 11) is 0. The normalized spacial score (nSPS) is 26.3. The Bertz CT molecular complexity index is 436. The minimum atomic E-state index is -1.02. The Balaban J connectivity index is 1.86. The number of nitrogens with one attached hydrogen (secondary N) is 1. The molecule has 0 aromatic rings. The summed E-state index contributed by atoms with van der Waals surface area (Å²) in [4.78, 5) is 54.4. The van der Waals surface area contributed by atoms with Crippen LogP contribution >= 0.6 is 0 Å². The quantitative estimate of drug-likeness (QED) is 0.617. The summed E-state index contributed by atoms with van der Waals surface area (Å²) in [6.07, 6.45) is -0.693. The van der Waals surface area contributed by atoms with Crippen molar-refractivity contribution in [3.8, 4) is 0 Å². The second kappa shape index (κ2) is 5.22. The standard InChI is InChI=1S/C10H12N2O7/c1-5(13)11-6-4-17-12(9(6)15)19-10(16)7-2-3-8(14)18-7/h6-7H,2-4H2,1H3,(H,11,13). The predicted molar refractivity (Wildman–Crippen MR) is 55.6 cm³/mol. The van der Waals surface area contributed by atoms with Gasteiger partial charge in [0.25, 0.3) is 0 Å². The van der Waals surface area contributed by atoms with Gasteiger partial charge in [0.05, 0.1) is 0 Å². The molecule has 2 amide bonds. The summed E-state index contributed by atoms with van der Waals surface area (Å²) in [5.74, 6) is -2.48. The first kappa shape index (κ1) is 13.3. The Hall–Kier alpha value is -2.16. The zero-order valence-electron chi connectivity index (χ0n) is 10.1. The van der Waals surface area contributed by atoms with Gasteiger partial charge in [-0.15, -0.1) is 0 Å². The molecule has 0 bridgehead atoms. The number of amides is 2. The molecule has 104 valence electrons. The van der Waals surface area contributed by atoms with E-state index in [0.717, 1.165) is 0 Å². The summed E-state index contributed by atoms with van der Waals surface area (Å²) in [6.45, 7) is 1.12. The highest BCUT2D eigenvalue weighted by Gasteiger charge is 2.40. The fourth-order valence-electron chi connectivity index (χ4n) is 1.66. The van der Waals surface area contributed by atoms with Crippen LogP contribution in [0.4, 0.5) is 0 Å². The Morgan fingerprint density at radius 2 is 2.16 bits per heavy atom. The van der Waals surface area contributed by atoms with Crippen LogP contribution in [-0.4, -0.2) is 47.7 Å². The number of cyclic esters (lactones) is 1. The number of hydroxylamine groups is 2. The van der Waals surface area contributed by atoms with Gasteiger partial charge in [-0.25, -0.2) is 9.63 Å². The Labute approximate surface area is 107 Å². The number of carbonyl (C=O) groups excluding carboxylic acids is 4. The largest absolute Gasteiger partial charge is 0.450 e. The number of hydrogen-bond donors (Lipinski definition) is 1. The van der Waals surface area contributed by atoms with Gasteiger partial charge in [0, 0.05) is 19.8 Å². The van der Waals surface area contributed by atoms with Gasteiger partial charge >= 0.3 is 17.8 Å². The van der Waals surface area contributed by atoms with Crippen LogP contribution in [0.2, 0.25) is 0 Å². The maximum absolute atomic E-state index is 11.7. The van der Waals surface area contributed by atoms with Crippen LogP contribution < -0.4 is 5.32 Å². The Morgan fingerprint density at radius 1 is 1.42 bits per heavy atom. The molecule has 1 N–H and O–H groups in total. The van der Waals surface area contributed by atoms with E-state index in [9.17, 15) is 19.2 Å². The Morgan fingerprint density at radius 3 is 2.74 bits per heavy atom. The van der Waals surface area contributed by atoms with Gasteiger partial charge in [0.1, 0.15) is 12.6 Å². The fraction of sp³-hybridized carbons (Fsp3) is 0.600. The van der Waals surface area contributed by atoms with Crippen LogP contribution in [-0.2, 0) is 33.6 Å². The molecule has 2 heterocycles. The third-order valence-electron chi connectivity index (χ3n) is 2.53. The lowest BCUT2D eigenvalue weighted by Crippen LogP contribution is -2.42. The second-order valence-electron chi connectivity index (χ2n) is 4.07. The van der Waals surface area contributed by atoms with Crippen LogP contribution in [0.25, 0.3) is 0 Å². The van der Waals surface area contributed by atoms with E-state index in [4.69, 9.17) is 4.84 Å². The summed E-state index contributed by atoms with van der Waals surface area (Å²) in [5, 5.41) is 2.74. The molecule has 2 fully saturated rings. The van der Waals surface area contributed by atoms with Gasteiger partial charge in [-0.3, -0.25) is 14.4 Å². The van der Waals surface area contributed by atoms with E-state index >= 15 is 0 Å². The van der Waals surface area contributed by atoms with Crippen molar-refractivity contribution in [2.75, 3.05) is 6.61 Å². The highest BCUT2D eigenvalue weighted by molar-refractivity contribution is 5.88. The van der Waals surface area contributed by atoms with E-state index in [1.54, 1.807) is 0 Å². The molecule has 9 heteroatoms. The first-order chi connectivity index (χ1) is 8.97. The van der Waals surface area contributed by atoms with Crippen molar-refractivity contribution >= 4 is 23.8 Å². The van der Waals surface area contributed by atoms with Gasteiger partial charge in [0.15, 0.2) is 0 Å².